The van der Waals surface area contributed by atoms with E-state index >= 15 is 0 Å². The lowest BCUT2D eigenvalue weighted by Crippen LogP contribution is -2.24. The van der Waals surface area contributed by atoms with Crippen LogP contribution in [0.5, 0.6) is 0 Å². The van der Waals surface area contributed by atoms with Crippen LogP contribution < -0.4 is 5.32 Å². The van der Waals surface area contributed by atoms with Gasteiger partial charge in [-0.05, 0) is 37.8 Å². The van der Waals surface area contributed by atoms with E-state index in [1.165, 1.54) is 4.88 Å². The molecule has 0 radical (unpaired) electrons. The lowest BCUT2D eigenvalue weighted by atomic mass is 10.2. The third kappa shape index (κ3) is 3.07. The Kier molecular flexibility index (Phi) is 4.43. The van der Waals surface area contributed by atoms with Crippen LogP contribution in [-0.4, -0.2) is 17.0 Å². The zero-order valence-corrected chi connectivity index (χ0v) is 12.5. The first-order chi connectivity index (χ1) is 9.13. The molecule has 0 aliphatic carbocycles. The first-order valence-electron chi connectivity index (χ1n) is 6.60. The van der Waals surface area contributed by atoms with Gasteiger partial charge in [0.05, 0.1) is 12.1 Å². The van der Waals surface area contributed by atoms with Crippen molar-refractivity contribution in [1.29, 1.82) is 0 Å². The molecule has 2 aromatic rings. The quantitative estimate of drug-likeness (QED) is 0.892. The van der Waals surface area contributed by atoms with E-state index in [4.69, 9.17) is 0 Å². The number of hydrogen-bond acceptors (Lipinski definition) is 2. The molecule has 0 atom stereocenters. The number of carbonyl (C=O) groups excluding carboxylic acids is 1. The van der Waals surface area contributed by atoms with E-state index in [2.05, 4.69) is 41.2 Å². The van der Waals surface area contributed by atoms with Gasteiger partial charge in [0.25, 0.3) is 5.91 Å². The Bertz CT molecular complexity index is 555. The van der Waals surface area contributed by atoms with Gasteiger partial charge in [-0.25, -0.2) is 0 Å². The van der Waals surface area contributed by atoms with Crippen molar-refractivity contribution >= 4 is 17.2 Å². The van der Waals surface area contributed by atoms with E-state index in [-0.39, 0.29) is 5.91 Å². The molecule has 0 unspecified atom stereocenters. The van der Waals surface area contributed by atoms with E-state index in [9.17, 15) is 4.79 Å². The largest absolute Gasteiger partial charge is 0.352 e. The summed E-state index contributed by atoms with van der Waals surface area (Å²) in [6.45, 7) is 7.70. The van der Waals surface area contributed by atoms with E-state index in [1.54, 1.807) is 11.3 Å². The number of carbonyl (C=O) groups is 1. The SMILES string of the molecule is CCCNC(=O)c1cc(C)n(Cc2cccs2)c1C. The van der Waals surface area contributed by atoms with E-state index in [0.717, 1.165) is 36.5 Å². The van der Waals surface area contributed by atoms with Gasteiger partial charge in [0.2, 0.25) is 0 Å². The first kappa shape index (κ1) is 13.9. The number of hydrogen-bond donors (Lipinski definition) is 1. The second kappa shape index (κ2) is 6.06. The van der Waals surface area contributed by atoms with Crippen molar-refractivity contribution in [2.45, 2.75) is 33.7 Å². The third-order valence-corrected chi connectivity index (χ3v) is 4.11. The van der Waals surface area contributed by atoms with Crippen molar-refractivity contribution in [3.8, 4) is 0 Å². The van der Waals surface area contributed by atoms with Crippen LogP contribution in [0, 0.1) is 13.8 Å². The van der Waals surface area contributed by atoms with Crippen molar-refractivity contribution in [2.75, 3.05) is 6.54 Å². The Hall–Kier alpha value is -1.55. The number of rotatable bonds is 5. The normalized spacial score (nSPS) is 10.7. The predicted octanol–water partition coefficient (Wildman–Crippen LogP) is 3.35. The van der Waals surface area contributed by atoms with Gasteiger partial charge in [0.1, 0.15) is 0 Å². The molecule has 3 nitrogen and oxygen atoms in total. The van der Waals surface area contributed by atoms with E-state index in [1.807, 2.05) is 13.0 Å². The van der Waals surface area contributed by atoms with Gasteiger partial charge in [-0.15, -0.1) is 11.3 Å². The summed E-state index contributed by atoms with van der Waals surface area (Å²) in [7, 11) is 0. The molecule has 102 valence electrons. The Morgan fingerprint density at radius 2 is 2.21 bits per heavy atom. The fourth-order valence-corrected chi connectivity index (χ4v) is 2.86. The maximum atomic E-state index is 12.1. The molecule has 19 heavy (non-hydrogen) atoms. The molecule has 0 bridgehead atoms. The molecule has 0 aliphatic heterocycles. The highest BCUT2D eigenvalue weighted by Gasteiger charge is 2.15. The molecule has 0 spiro atoms. The summed E-state index contributed by atoms with van der Waals surface area (Å²) < 4.78 is 2.20. The molecule has 0 aromatic carbocycles. The fraction of sp³-hybridized carbons (Fsp3) is 0.400. The number of amides is 1. The average Bonchev–Trinajstić information content (AvgIpc) is 2.99. The van der Waals surface area contributed by atoms with E-state index < -0.39 is 0 Å². The summed E-state index contributed by atoms with van der Waals surface area (Å²) in [5.74, 6) is 0.0346. The van der Waals surface area contributed by atoms with Crippen LogP contribution in [0.25, 0.3) is 0 Å². The fourth-order valence-electron chi connectivity index (χ4n) is 2.17. The lowest BCUT2D eigenvalue weighted by Gasteiger charge is -2.08. The highest BCUT2D eigenvalue weighted by atomic mass is 32.1. The minimum Gasteiger partial charge on any atom is -0.352 e. The van der Waals surface area contributed by atoms with Crippen molar-refractivity contribution in [3.63, 3.8) is 0 Å². The Labute approximate surface area is 118 Å². The summed E-state index contributed by atoms with van der Waals surface area (Å²) in [6.07, 6.45) is 0.958. The van der Waals surface area contributed by atoms with Crippen LogP contribution in [0.3, 0.4) is 0 Å². The molecule has 0 saturated heterocycles. The average molecular weight is 276 g/mol. The molecule has 1 N–H and O–H groups in total. The van der Waals surface area contributed by atoms with E-state index in [0.29, 0.717) is 0 Å². The Morgan fingerprint density at radius 1 is 1.42 bits per heavy atom. The number of nitrogens with zero attached hydrogens (tertiary/aromatic N) is 1. The smallest absolute Gasteiger partial charge is 0.253 e. The minimum absolute atomic E-state index is 0.0346. The Morgan fingerprint density at radius 3 is 2.84 bits per heavy atom. The maximum Gasteiger partial charge on any atom is 0.253 e. The second-order valence-corrected chi connectivity index (χ2v) is 5.74. The molecule has 2 heterocycles. The molecular weight excluding hydrogens is 256 g/mol. The summed E-state index contributed by atoms with van der Waals surface area (Å²) >= 11 is 1.75. The number of aryl methyl sites for hydroxylation is 1. The van der Waals surface area contributed by atoms with Gasteiger partial charge in [0.15, 0.2) is 0 Å². The number of aromatic nitrogens is 1. The molecule has 0 fully saturated rings. The van der Waals surface area contributed by atoms with Crippen molar-refractivity contribution < 1.29 is 4.79 Å². The van der Waals surface area contributed by atoms with Gasteiger partial charge in [-0.2, -0.15) is 0 Å². The van der Waals surface area contributed by atoms with Gasteiger partial charge < -0.3 is 9.88 Å². The van der Waals surface area contributed by atoms with Crippen molar-refractivity contribution in [3.05, 3.63) is 45.4 Å². The minimum atomic E-state index is 0.0346. The molecule has 4 heteroatoms. The van der Waals surface area contributed by atoms with Crippen LogP contribution >= 0.6 is 11.3 Å². The van der Waals surface area contributed by atoms with Gasteiger partial charge in [-0.1, -0.05) is 13.0 Å². The summed E-state index contributed by atoms with van der Waals surface area (Å²) in [6, 6.07) is 6.16. The Balaban J connectivity index is 2.21. The monoisotopic (exact) mass is 276 g/mol. The standard InChI is InChI=1S/C15H20N2OS/c1-4-7-16-15(18)14-9-11(2)17(12(14)3)10-13-6-5-8-19-13/h5-6,8-9H,4,7,10H2,1-3H3,(H,16,18). The lowest BCUT2D eigenvalue weighted by molar-refractivity contribution is 0.0953. The van der Waals surface area contributed by atoms with Crippen LogP contribution in [0.4, 0.5) is 0 Å². The molecule has 2 rings (SSSR count). The molecule has 2 aromatic heterocycles. The topological polar surface area (TPSA) is 34.0 Å². The van der Waals surface area contributed by atoms with Gasteiger partial charge in [0, 0.05) is 22.8 Å². The molecule has 0 saturated carbocycles. The number of nitrogens with one attached hydrogen (secondary N) is 1. The summed E-state index contributed by atoms with van der Waals surface area (Å²) in [5.41, 5.74) is 2.97. The first-order valence-corrected chi connectivity index (χ1v) is 7.48. The molecular formula is C15H20N2OS. The highest BCUT2D eigenvalue weighted by molar-refractivity contribution is 7.09. The number of thiophene rings is 1. The van der Waals surface area contributed by atoms with Crippen LogP contribution in [0.1, 0.15) is 40.0 Å². The maximum absolute atomic E-state index is 12.1. The zero-order chi connectivity index (χ0) is 13.8. The third-order valence-electron chi connectivity index (χ3n) is 3.25. The van der Waals surface area contributed by atoms with Crippen LogP contribution in [0.2, 0.25) is 0 Å². The van der Waals surface area contributed by atoms with Gasteiger partial charge in [-0.3, -0.25) is 4.79 Å². The molecule has 1 amide bonds. The highest BCUT2D eigenvalue weighted by Crippen LogP contribution is 2.19. The van der Waals surface area contributed by atoms with Gasteiger partial charge >= 0.3 is 0 Å². The van der Waals surface area contributed by atoms with Crippen LogP contribution in [-0.2, 0) is 6.54 Å². The van der Waals surface area contributed by atoms with Crippen LogP contribution in [0.15, 0.2) is 23.6 Å². The summed E-state index contributed by atoms with van der Waals surface area (Å²) in [5, 5.41) is 5.02. The summed E-state index contributed by atoms with van der Waals surface area (Å²) in [4.78, 5) is 13.4. The molecule has 0 aliphatic rings. The van der Waals surface area contributed by atoms with Crippen molar-refractivity contribution in [2.24, 2.45) is 0 Å². The predicted molar refractivity (Wildman–Crippen MR) is 80.0 cm³/mol. The zero-order valence-electron chi connectivity index (χ0n) is 11.7. The van der Waals surface area contributed by atoms with Crippen molar-refractivity contribution in [1.82, 2.24) is 9.88 Å². The second-order valence-electron chi connectivity index (χ2n) is 4.71.